The van der Waals surface area contributed by atoms with Crippen LogP contribution in [0.1, 0.15) is 18.4 Å². The average Bonchev–Trinajstić information content (AvgIpc) is 2.62. The minimum absolute atomic E-state index is 0.159. The molecule has 3 atom stereocenters. The van der Waals surface area contributed by atoms with Gasteiger partial charge in [0.15, 0.2) is 0 Å². The summed E-state index contributed by atoms with van der Waals surface area (Å²) >= 11 is 3.84. The molecule has 0 bridgehead atoms. The molecule has 1 aromatic carbocycles. The van der Waals surface area contributed by atoms with Crippen molar-refractivity contribution in [1.29, 1.82) is 0 Å². The van der Waals surface area contributed by atoms with E-state index in [-0.39, 0.29) is 25.0 Å². The number of nitrogens with one attached hydrogen (secondary N) is 2. The quantitative estimate of drug-likeness (QED) is 0.272. The Hall–Kier alpha value is -2.59. The van der Waals surface area contributed by atoms with Crippen molar-refractivity contribution >= 4 is 36.4 Å². The van der Waals surface area contributed by atoms with E-state index in [1.807, 2.05) is 6.07 Å². The van der Waals surface area contributed by atoms with Crippen molar-refractivity contribution in [3.63, 3.8) is 0 Å². The summed E-state index contributed by atoms with van der Waals surface area (Å²) in [6.07, 6.45) is -0.358. The highest BCUT2D eigenvalue weighted by molar-refractivity contribution is 7.80. The van der Waals surface area contributed by atoms with Gasteiger partial charge in [-0.15, -0.1) is 0 Å². The van der Waals surface area contributed by atoms with Gasteiger partial charge in [-0.1, -0.05) is 30.3 Å². The van der Waals surface area contributed by atoms with E-state index in [1.165, 1.54) is 0 Å². The average molecular weight is 397 g/mol. The van der Waals surface area contributed by atoms with E-state index < -0.39 is 41.9 Å². The van der Waals surface area contributed by atoms with Gasteiger partial charge in [-0.25, -0.2) is 4.79 Å². The Bertz CT molecular complexity index is 670. The van der Waals surface area contributed by atoms with E-state index in [0.29, 0.717) is 0 Å². The third-order valence-corrected chi connectivity index (χ3v) is 4.08. The number of hydrogen-bond donors (Lipinski definition) is 6. The highest BCUT2D eigenvalue weighted by Crippen LogP contribution is 2.04. The third-order valence-electron chi connectivity index (χ3n) is 3.71. The summed E-state index contributed by atoms with van der Waals surface area (Å²) in [7, 11) is 0. The minimum Gasteiger partial charge on any atom is -0.481 e. The van der Waals surface area contributed by atoms with Gasteiger partial charge in [-0.05, 0) is 18.4 Å². The number of nitrogens with two attached hydrogens (primary N) is 1. The number of carbonyl (C=O) groups is 4. The number of amides is 2. The largest absolute Gasteiger partial charge is 0.481 e. The van der Waals surface area contributed by atoms with Crippen LogP contribution >= 0.6 is 12.6 Å². The summed E-state index contributed by atoms with van der Waals surface area (Å²) in [6, 6.07) is 5.58. The fourth-order valence-electron chi connectivity index (χ4n) is 2.23. The van der Waals surface area contributed by atoms with Gasteiger partial charge in [0, 0.05) is 12.2 Å². The van der Waals surface area contributed by atoms with E-state index >= 15 is 0 Å². The number of carbonyl (C=O) groups excluding carboxylic acids is 2. The number of hydrogen-bond acceptors (Lipinski definition) is 6. The zero-order chi connectivity index (χ0) is 20.4. The molecule has 1 aromatic rings. The van der Waals surface area contributed by atoms with E-state index in [4.69, 9.17) is 15.9 Å². The van der Waals surface area contributed by atoms with Gasteiger partial charge < -0.3 is 26.6 Å². The molecule has 9 nitrogen and oxygen atoms in total. The van der Waals surface area contributed by atoms with Gasteiger partial charge in [0.25, 0.3) is 0 Å². The van der Waals surface area contributed by atoms with Crippen LogP contribution in [0.2, 0.25) is 0 Å². The molecule has 1 rings (SSSR count). The van der Waals surface area contributed by atoms with Crippen molar-refractivity contribution < 1.29 is 29.4 Å². The van der Waals surface area contributed by atoms with Crippen LogP contribution in [-0.2, 0) is 25.6 Å². The van der Waals surface area contributed by atoms with Crippen molar-refractivity contribution in [2.45, 2.75) is 37.4 Å². The lowest BCUT2D eigenvalue weighted by Gasteiger charge is -2.22. The summed E-state index contributed by atoms with van der Waals surface area (Å²) in [6.45, 7) is 0. The zero-order valence-electron chi connectivity index (χ0n) is 14.5. The molecule has 0 spiro atoms. The van der Waals surface area contributed by atoms with Gasteiger partial charge >= 0.3 is 11.9 Å². The topological polar surface area (TPSA) is 159 Å². The SMILES string of the molecule is N[C@@H](Cc1ccccc1)C(=O)N[C@@H](CCC(=O)O)C(=O)N[C@@H](CS)C(=O)O. The number of rotatable bonds is 11. The standard InChI is InChI=1S/C17H23N3O6S/c18-11(8-10-4-2-1-3-5-10)15(23)19-12(6-7-14(21)22)16(24)20-13(9-27)17(25)26/h1-5,11-13,27H,6-9,18H2,(H,19,23)(H,20,24)(H,21,22)(H,25,26)/t11-,12-,13-/m0/s1. The van der Waals surface area contributed by atoms with Crippen LogP contribution in [0.3, 0.4) is 0 Å². The molecule has 27 heavy (non-hydrogen) atoms. The van der Waals surface area contributed by atoms with Gasteiger partial charge in [0.1, 0.15) is 12.1 Å². The summed E-state index contributed by atoms with van der Waals surface area (Å²) in [4.78, 5) is 46.4. The molecule has 0 saturated heterocycles. The van der Waals surface area contributed by atoms with Gasteiger partial charge in [0.05, 0.1) is 6.04 Å². The second-order valence-electron chi connectivity index (χ2n) is 5.87. The monoisotopic (exact) mass is 397 g/mol. The lowest BCUT2D eigenvalue weighted by atomic mass is 10.0. The summed E-state index contributed by atoms with van der Waals surface area (Å²) < 4.78 is 0. The van der Waals surface area contributed by atoms with E-state index in [0.717, 1.165) is 5.56 Å². The molecular weight excluding hydrogens is 374 g/mol. The predicted molar refractivity (Wildman–Crippen MR) is 100 cm³/mol. The van der Waals surface area contributed by atoms with Crippen LogP contribution in [0.15, 0.2) is 30.3 Å². The molecular formula is C17H23N3O6S. The minimum atomic E-state index is -1.29. The van der Waals surface area contributed by atoms with Crippen LogP contribution in [0.4, 0.5) is 0 Å². The van der Waals surface area contributed by atoms with Crippen molar-refractivity contribution in [3.05, 3.63) is 35.9 Å². The van der Waals surface area contributed by atoms with Crippen LogP contribution in [0, 0.1) is 0 Å². The number of carboxylic acids is 2. The molecule has 0 aliphatic rings. The first kappa shape index (κ1) is 22.5. The molecule has 0 radical (unpaired) electrons. The molecule has 6 N–H and O–H groups in total. The Balaban J connectivity index is 2.77. The summed E-state index contributed by atoms with van der Waals surface area (Å²) in [5.41, 5.74) is 6.69. The second kappa shape index (κ2) is 11.2. The lowest BCUT2D eigenvalue weighted by Crippen LogP contribution is -2.55. The maximum atomic E-state index is 12.3. The molecule has 0 aromatic heterocycles. The zero-order valence-corrected chi connectivity index (χ0v) is 15.4. The van der Waals surface area contributed by atoms with Crippen LogP contribution in [-0.4, -0.2) is 57.8 Å². The van der Waals surface area contributed by atoms with Crippen LogP contribution in [0.5, 0.6) is 0 Å². The number of aliphatic carboxylic acids is 2. The molecule has 0 unspecified atom stereocenters. The van der Waals surface area contributed by atoms with Gasteiger partial charge in [-0.3, -0.25) is 14.4 Å². The van der Waals surface area contributed by atoms with Gasteiger partial charge in [0.2, 0.25) is 11.8 Å². The first-order valence-corrected chi connectivity index (χ1v) is 8.83. The van der Waals surface area contributed by atoms with E-state index in [2.05, 4.69) is 23.3 Å². The highest BCUT2D eigenvalue weighted by atomic mass is 32.1. The number of carboxylic acid groups (broad SMARTS) is 2. The van der Waals surface area contributed by atoms with Crippen molar-refractivity contribution in [2.24, 2.45) is 5.73 Å². The fraction of sp³-hybridized carbons (Fsp3) is 0.412. The Kier molecular flexibility index (Phi) is 9.31. The smallest absolute Gasteiger partial charge is 0.327 e. The molecule has 0 aliphatic heterocycles. The molecule has 0 fully saturated rings. The molecule has 10 heteroatoms. The molecule has 2 amide bonds. The second-order valence-corrected chi connectivity index (χ2v) is 6.24. The van der Waals surface area contributed by atoms with Crippen molar-refractivity contribution in [2.75, 3.05) is 5.75 Å². The predicted octanol–water partition coefficient (Wildman–Crippen LogP) is -0.595. The van der Waals surface area contributed by atoms with E-state index in [1.54, 1.807) is 24.3 Å². The Labute approximate surface area is 161 Å². The van der Waals surface area contributed by atoms with Crippen molar-refractivity contribution in [3.8, 4) is 0 Å². The molecule has 0 heterocycles. The van der Waals surface area contributed by atoms with Gasteiger partial charge in [-0.2, -0.15) is 12.6 Å². The first-order valence-electron chi connectivity index (χ1n) is 8.20. The summed E-state index contributed by atoms with van der Waals surface area (Å²) in [5, 5.41) is 22.4. The molecule has 0 saturated carbocycles. The maximum absolute atomic E-state index is 12.3. The maximum Gasteiger partial charge on any atom is 0.327 e. The fourth-order valence-corrected chi connectivity index (χ4v) is 2.48. The Morgan fingerprint density at radius 2 is 1.59 bits per heavy atom. The normalized spacial score (nSPS) is 13.9. The highest BCUT2D eigenvalue weighted by Gasteiger charge is 2.27. The van der Waals surface area contributed by atoms with Crippen LogP contribution < -0.4 is 16.4 Å². The van der Waals surface area contributed by atoms with Crippen LogP contribution in [0.25, 0.3) is 0 Å². The molecule has 148 valence electrons. The van der Waals surface area contributed by atoms with E-state index in [9.17, 15) is 19.2 Å². The number of benzene rings is 1. The van der Waals surface area contributed by atoms with Crippen molar-refractivity contribution in [1.82, 2.24) is 10.6 Å². The Morgan fingerprint density at radius 1 is 1.00 bits per heavy atom. The molecule has 0 aliphatic carbocycles. The first-order chi connectivity index (χ1) is 12.7. The lowest BCUT2D eigenvalue weighted by molar-refractivity contribution is -0.142. The third kappa shape index (κ3) is 8.09. The Morgan fingerprint density at radius 3 is 2.11 bits per heavy atom. The number of thiol groups is 1. The summed E-state index contributed by atoms with van der Waals surface area (Å²) in [5.74, 6) is -4.05.